The molecular formula is C14H14S. The maximum atomic E-state index is 2.18. The molecule has 0 aromatic heterocycles. The van der Waals surface area contributed by atoms with Crippen LogP contribution in [-0.2, 0) is 5.75 Å². The van der Waals surface area contributed by atoms with Crippen molar-refractivity contribution in [2.24, 2.45) is 0 Å². The summed E-state index contributed by atoms with van der Waals surface area (Å²) in [6, 6.07) is 19.3. The Morgan fingerprint density at radius 3 is 2.20 bits per heavy atom. The third-order valence-corrected chi connectivity index (χ3v) is 3.35. The first-order valence-corrected chi connectivity index (χ1v) is 6.06. The molecule has 0 aliphatic carbocycles. The monoisotopic (exact) mass is 214 g/mol. The Hall–Kier alpha value is -1.21. The standard InChI is InChI=1S/C14H14S/c1-12-7-9-14(10-8-12)15-11-13-5-3-2-4-6-13/h2-10H,11H2,1H3. The Kier molecular flexibility index (Phi) is 3.46. The Morgan fingerprint density at radius 1 is 0.867 bits per heavy atom. The molecule has 76 valence electrons. The van der Waals surface area contributed by atoms with E-state index in [-0.39, 0.29) is 0 Å². The molecule has 0 saturated heterocycles. The van der Waals surface area contributed by atoms with Gasteiger partial charge in [0.15, 0.2) is 0 Å². The Morgan fingerprint density at radius 2 is 1.53 bits per heavy atom. The van der Waals surface area contributed by atoms with Gasteiger partial charge in [0, 0.05) is 10.6 Å². The Bertz CT molecular complexity index is 403. The summed E-state index contributed by atoms with van der Waals surface area (Å²) < 4.78 is 0. The van der Waals surface area contributed by atoms with Crippen molar-refractivity contribution in [2.75, 3.05) is 0 Å². The zero-order valence-electron chi connectivity index (χ0n) is 8.81. The average molecular weight is 214 g/mol. The van der Waals surface area contributed by atoms with Crippen LogP contribution in [0.1, 0.15) is 11.1 Å². The summed E-state index contributed by atoms with van der Waals surface area (Å²) in [7, 11) is 0. The normalized spacial score (nSPS) is 10.2. The topological polar surface area (TPSA) is 0 Å². The van der Waals surface area contributed by atoms with Crippen LogP contribution < -0.4 is 0 Å². The molecule has 0 aliphatic rings. The second-order valence-corrected chi connectivity index (χ2v) is 4.64. The second kappa shape index (κ2) is 5.04. The highest BCUT2D eigenvalue weighted by molar-refractivity contribution is 7.98. The van der Waals surface area contributed by atoms with Gasteiger partial charge in [0.1, 0.15) is 0 Å². The molecule has 15 heavy (non-hydrogen) atoms. The highest BCUT2D eigenvalue weighted by Crippen LogP contribution is 2.22. The van der Waals surface area contributed by atoms with Crippen LogP contribution in [0.5, 0.6) is 0 Å². The molecule has 0 unspecified atom stereocenters. The first-order chi connectivity index (χ1) is 7.34. The summed E-state index contributed by atoms with van der Waals surface area (Å²) >= 11 is 1.88. The predicted molar refractivity (Wildman–Crippen MR) is 67.2 cm³/mol. The molecule has 0 aliphatic heterocycles. The van der Waals surface area contributed by atoms with E-state index in [1.165, 1.54) is 16.0 Å². The first-order valence-electron chi connectivity index (χ1n) is 5.08. The SMILES string of the molecule is Cc1ccc(SCc2ccccc2)cc1. The van der Waals surface area contributed by atoms with Crippen molar-refractivity contribution >= 4 is 11.8 Å². The van der Waals surface area contributed by atoms with Crippen LogP contribution in [0.25, 0.3) is 0 Å². The number of hydrogen-bond donors (Lipinski definition) is 0. The van der Waals surface area contributed by atoms with E-state index >= 15 is 0 Å². The van der Waals surface area contributed by atoms with Crippen molar-refractivity contribution in [2.45, 2.75) is 17.6 Å². The highest BCUT2D eigenvalue weighted by atomic mass is 32.2. The van der Waals surface area contributed by atoms with E-state index in [1.807, 2.05) is 11.8 Å². The van der Waals surface area contributed by atoms with Gasteiger partial charge in [-0.15, -0.1) is 11.8 Å². The molecule has 2 aromatic rings. The summed E-state index contributed by atoms with van der Waals surface area (Å²) in [5.74, 6) is 1.05. The van der Waals surface area contributed by atoms with Crippen LogP contribution in [0.3, 0.4) is 0 Å². The average Bonchev–Trinajstić information content (AvgIpc) is 2.30. The number of aryl methyl sites for hydroxylation is 1. The third kappa shape index (κ3) is 3.14. The van der Waals surface area contributed by atoms with Gasteiger partial charge in [0.2, 0.25) is 0 Å². The number of thioether (sulfide) groups is 1. The quantitative estimate of drug-likeness (QED) is 0.687. The van der Waals surface area contributed by atoms with Crippen LogP contribution in [-0.4, -0.2) is 0 Å². The van der Waals surface area contributed by atoms with Crippen molar-refractivity contribution in [1.29, 1.82) is 0 Å². The maximum absolute atomic E-state index is 2.18. The molecule has 0 fully saturated rings. The van der Waals surface area contributed by atoms with Crippen molar-refractivity contribution in [3.8, 4) is 0 Å². The molecule has 0 atom stereocenters. The molecule has 0 spiro atoms. The van der Waals surface area contributed by atoms with E-state index in [0.717, 1.165) is 5.75 Å². The van der Waals surface area contributed by atoms with Crippen LogP contribution in [0.2, 0.25) is 0 Å². The summed E-state index contributed by atoms with van der Waals surface area (Å²) in [6.07, 6.45) is 0. The van der Waals surface area contributed by atoms with Crippen LogP contribution >= 0.6 is 11.8 Å². The molecular weight excluding hydrogens is 200 g/mol. The summed E-state index contributed by atoms with van der Waals surface area (Å²) in [5.41, 5.74) is 2.70. The van der Waals surface area contributed by atoms with Gasteiger partial charge in [0.05, 0.1) is 0 Å². The molecule has 2 aromatic carbocycles. The fourth-order valence-electron chi connectivity index (χ4n) is 1.38. The molecule has 0 amide bonds. The van der Waals surface area contributed by atoms with E-state index in [2.05, 4.69) is 61.5 Å². The Balaban J connectivity index is 1.96. The van der Waals surface area contributed by atoms with E-state index < -0.39 is 0 Å². The van der Waals surface area contributed by atoms with E-state index in [4.69, 9.17) is 0 Å². The zero-order valence-corrected chi connectivity index (χ0v) is 9.63. The van der Waals surface area contributed by atoms with Gasteiger partial charge in [0.25, 0.3) is 0 Å². The van der Waals surface area contributed by atoms with Gasteiger partial charge in [-0.1, -0.05) is 48.0 Å². The molecule has 0 saturated carbocycles. The minimum Gasteiger partial charge on any atom is -0.121 e. The van der Waals surface area contributed by atoms with Gasteiger partial charge in [-0.05, 0) is 24.6 Å². The van der Waals surface area contributed by atoms with Crippen LogP contribution in [0, 0.1) is 6.92 Å². The van der Waals surface area contributed by atoms with Gasteiger partial charge in [-0.25, -0.2) is 0 Å². The summed E-state index contributed by atoms with van der Waals surface area (Å²) in [6.45, 7) is 2.12. The molecule has 0 N–H and O–H groups in total. The minimum absolute atomic E-state index is 1.05. The van der Waals surface area contributed by atoms with Gasteiger partial charge >= 0.3 is 0 Å². The fourth-order valence-corrected chi connectivity index (χ4v) is 2.23. The lowest BCUT2D eigenvalue weighted by Crippen LogP contribution is -1.79. The molecule has 2 rings (SSSR count). The lowest BCUT2D eigenvalue weighted by molar-refractivity contribution is 1.35. The second-order valence-electron chi connectivity index (χ2n) is 3.59. The maximum Gasteiger partial charge on any atom is 0.0231 e. The number of rotatable bonds is 3. The Labute approximate surface area is 95.3 Å². The molecule has 0 bridgehead atoms. The van der Waals surface area contributed by atoms with E-state index in [0.29, 0.717) is 0 Å². The molecule has 0 radical (unpaired) electrons. The third-order valence-electron chi connectivity index (χ3n) is 2.27. The van der Waals surface area contributed by atoms with Crippen molar-refractivity contribution in [1.82, 2.24) is 0 Å². The zero-order chi connectivity index (χ0) is 10.5. The van der Waals surface area contributed by atoms with Gasteiger partial charge in [-0.2, -0.15) is 0 Å². The number of benzene rings is 2. The largest absolute Gasteiger partial charge is 0.121 e. The molecule has 0 nitrogen and oxygen atoms in total. The van der Waals surface area contributed by atoms with Crippen LogP contribution in [0.15, 0.2) is 59.5 Å². The summed E-state index contributed by atoms with van der Waals surface area (Å²) in [5, 5.41) is 0. The minimum atomic E-state index is 1.05. The lowest BCUT2D eigenvalue weighted by Gasteiger charge is -2.02. The van der Waals surface area contributed by atoms with Crippen molar-refractivity contribution in [3.05, 3.63) is 65.7 Å². The first kappa shape index (κ1) is 10.3. The summed E-state index contributed by atoms with van der Waals surface area (Å²) in [4.78, 5) is 1.34. The van der Waals surface area contributed by atoms with E-state index in [1.54, 1.807) is 0 Å². The lowest BCUT2D eigenvalue weighted by atomic mass is 10.2. The molecule has 1 heteroatoms. The van der Waals surface area contributed by atoms with Crippen molar-refractivity contribution < 1.29 is 0 Å². The highest BCUT2D eigenvalue weighted by Gasteiger charge is 1.94. The fraction of sp³-hybridized carbons (Fsp3) is 0.143. The van der Waals surface area contributed by atoms with E-state index in [9.17, 15) is 0 Å². The molecule has 0 heterocycles. The predicted octanol–water partition coefficient (Wildman–Crippen LogP) is 4.29. The smallest absolute Gasteiger partial charge is 0.0231 e. The van der Waals surface area contributed by atoms with Crippen molar-refractivity contribution in [3.63, 3.8) is 0 Å². The number of hydrogen-bond acceptors (Lipinski definition) is 1. The van der Waals surface area contributed by atoms with Gasteiger partial charge < -0.3 is 0 Å². The van der Waals surface area contributed by atoms with Gasteiger partial charge in [-0.3, -0.25) is 0 Å². The van der Waals surface area contributed by atoms with Crippen LogP contribution in [0.4, 0.5) is 0 Å².